The molecule has 5 aromatic carbocycles. The number of nitrogens with zero attached hydrogens (tertiary/aromatic N) is 1. The molecule has 2 amide bonds. The number of allylic oxidation sites excluding steroid dienone is 2. The van der Waals surface area contributed by atoms with Crippen LogP contribution in [0.4, 0.5) is 5.69 Å². The highest BCUT2D eigenvalue weighted by atomic mass is 16.4. The predicted octanol–water partition coefficient (Wildman–Crippen LogP) is 7.19. The first kappa shape index (κ1) is 29.5. The maximum atomic E-state index is 16.0. The third-order valence-electron chi connectivity index (χ3n) is 10.5. The molecule has 6 heteroatoms. The molecule has 0 radical (unpaired) electrons. The predicted molar refractivity (Wildman–Crippen MR) is 183 cm³/mol. The molecule has 4 atom stereocenters. The lowest BCUT2D eigenvalue weighted by Crippen LogP contribution is -2.45. The van der Waals surface area contributed by atoms with Gasteiger partial charge in [0.05, 0.1) is 33.9 Å². The molecule has 3 aliphatic rings. The summed E-state index contributed by atoms with van der Waals surface area (Å²) < 4.78 is 0. The second-order valence-electron chi connectivity index (χ2n) is 13.0. The minimum absolute atomic E-state index is 0.0415. The second-order valence-corrected chi connectivity index (χ2v) is 13.0. The molecule has 5 aromatic rings. The van der Waals surface area contributed by atoms with Crippen molar-refractivity contribution >= 4 is 40.4 Å². The number of hydrogen-bond donors (Lipinski definition) is 1. The van der Waals surface area contributed by atoms with Gasteiger partial charge in [-0.1, -0.05) is 120 Å². The van der Waals surface area contributed by atoms with Crippen LogP contribution in [0.5, 0.6) is 0 Å². The number of benzene rings is 5. The van der Waals surface area contributed by atoms with Crippen molar-refractivity contribution in [2.45, 2.75) is 24.7 Å². The van der Waals surface area contributed by atoms with E-state index in [0.29, 0.717) is 11.1 Å². The zero-order valence-corrected chi connectivity index (χ0v) is 26.4. The van der Waals surface area contributed by atoms with Crippen LogP contribution < -0.4 is 4.90 Å². The van der Waals surface area contributed by atoms with E-state index in [2.05, 4.69) is 0 Å². The van der Waals surface area contributed by atoms with Crippen LogP contribution in [0.2, 0.25) is 0 Å². The Balaban J connectivity index is 1.52. The molecule has 48 heavy (non-hydrogen) atoms. The Morgan fingerprint density at radius 3 is 1.33 bits per heavy atom. The standard InChI is InChI=1S/C42H31NO5/c1-25-13-17-27(18-14-25)33-34(28-19-15-26(2)16-20-28)42(31-11-7-4-8-12-31)36-35(41(33,40(42)48)30-9-5-3-6-10-30)37(44)43(38(36)45)32-23-21-29(22-24-32)39(46)47/h3-24,35-36H,1-2H3,(H,46,47)/t35-,36-,41-,42-/m1/s1. The zero-order chi connectivity index (χ0) is 33.4. The van der Waals surface area contributed by atoms with Crippen LogP contribution in [0.25, 0.3) is 11.1 Å². The highest BCUT2D eigenvalue weighted by molar-refractivity contribution is 6.39. The number of imide groups is 1. The quantitative estimate of drug-likeness (QED) is 0.201. The van der Waals surface area contributed by atoms with E-state index in [9.17, 15) is 9.90 Å². The molecule has 2 bridgehead atoms. The van der Waals surface area contributed by atoms with Gasteiger partial charge in [-0.15, -0.1) is 0 Å². The van der Waals surface area contributed by atoms with Crippen molar-refractivity contribution in [1.29, 1.82) is 0 Å². The largest absolute Gasteiger partial charge is 0.478 e. The van der Waals surface area contributed by atoms with Gasteiger partial charge in [-0.25, -0.2) is 9.69 Å². The van der Waals surface area contributed by atoms with Gasteiger partial charge in [0.25, 0.3) is 0 Å². The number of rotatable bonds is 6. The van der Waals surface area contributed by atoms with Crippen LogP contribution in [-0.4, -0.2) is 28.7 Å². The average Bonchev–Trinajstić information content (AvgIpc) is 3.62. The number of carboxylic acid groups (broad SMARTS) is 1. The third-order valence-corrected chi connectivity index (χ3v) is 10.5. The molecule has 234 valence electrons. The smallest absolute Gasteiger partial charge is 0.335 e. The van der Waals surface area contributed by atoms with Crippen LogP contribution in [0, 0.1) is 25.7 Å². The van der Waals surface area contributed by atoms with Crippen LogP contribution in [-0.2, 0) is 25.2 Å². The number of aromatic carboxylic acids is 1. The molecule has 0 unspecified atom stereocenters. The van der Waals surface area contributed by atoms with E-state index >= 15 is 14.4 Å². The summed E-state index contributed by atoms with van der Waals surface area (Å²) in [5, 5.41) is 9.52. The number of anilines is 1. The van der Waals surface area contributed by atoms with Crippen molar-refractivity contribution < 1.29 is 24.3 Å². The summed E-state index contributed by atoms with van der Waals surface area (Å²) in [6.45, 7) is 4.01. The highest BCUT2D eigenvalue weighted by Gasteiger charge is 2.82. The summed E-state index contributed by atoms with van der Waals surface area (Å²) in [6, 6.07) is 40.6. The summed E-state index contributed by atoms with van der Waals surface area (Å²) in [7, 11) is 0. The summed E-state index contributed by atoms with van der Waals surface area (Å²) in [5.41, 5.74) is 3.83. The number of aryl methyl sites for hydroxylation is 2. The first-order chi connectivity index (χ1) is 23.2. The fourth-order valence-electron chi connectivity index (χ4n) is 8.57. The van der Waals surface area contributed by atoms with Gasteiger partial charge in [0.15, 0.2) is 5.78 Å². The van der Waals surface area contributed by atoms with Gasteiger partial charge < -0.3 is 5.11 Å². The van der Waals surface area contributed by atoms with Gasteiger partial charge in [0.1, 0.15) is 0 Å². The molecule has 1 saturated heterocycles. The number of amides is 2. The molecule has 6 nitrogen and oxygen atoms in total. The first-order valence-corrected chi connectivity index (χ1v) is 16.0. The fourth-order valence-corrected chi connectivity index (χ4v) is 8.57. The Hall–Kier alpha value is -5.88. The van der Waals surface area contributed by atoms with Gasteiger partial charge in [0, 0.05) is 0 Å². The number of carboxylic acids is 1. The number of ketones is 1. The van der Waals surface area contributed by atoms with Crippen LogP contribution in [0.3, 0.4) is 0 Å². The van der Waals surface area contributed by atoms with Gasteiger partial charge in [-0.2, -0.15) is 0 Å². The van der Waals surface area contributed by atoms with E-state index in [1.54, 1.807) is 0 Å². The summed E-state index contributed by atoms with van der Waals surface area (Å²) in [5.74, 6) is -4.35. The van der Waals surface area contributed by atoms with Crippen molar-refractivity contribution in [3.05, 3.63) is 172 Å². The zero-order valence-electron chi connectivity index (χ0n) is 26.4. The molecule has 1 saturated carbocycles. The molecule has 1 N–H and O–H groups in total. The molecule has 2 aliphatic carbocycles. The van der Waals surface area contributed by atoms with Gasteiger partial charge in [-0.05, 0) is 71.5 Å². The monoisotopic (exact) mass is 629 g/mol. The van der Waals surface area contributed by atoms with Crippen molar-refractivity contribution in [3.8, 4) is 0 Å². The van der Waals surface area contributed by atoms with Crippen molar-refractivity contribution in [2.75, 3.05) is 4.90 Å². The van der Waals surface area contributed by atoms with Gasteiger partial charge in [0.2, 0.25) is 11.8 Å². The summed E-state index contributed by atoms with van der Waals surface area (Å²) in [6.07, 6.45) is 0. The minimum Gasteiger partial charge on any atom is -0.478 e. The van der Waals surface area contributed by atoms with E-state index in [1.807, 2.05) is 123 Å². The summed E-state index contributed by atoms with van der Waals surface area (Å²) >= 11 is 0. The van der Waals surface area contributed by atoms with Crippen molar-refractivity contribution in [3.63, 3.8) is 0 Å². The van der Waals surface area contributed by atoms with E-state index in [1.165, 1.54) is 29.2 Å². The van der Waals surface area contributed by atoms with Crippen LogP contribution >= 0.6 is 0 Å². The summed E-state index contributed by atoms with van der Waals surface area (Å²) in [4.78, 5) is 58.8. The number of Topliss-reactive ketones (excluding diaryl/α,β-unsaturated/α-hetero) is 1. The lowest BCUT2D eigenvalue weighted by Gasteiger charge is -2.39. The molecule has 1 heterocycles. The third kappa shape index (κ3) is 3.74. The number of fused-ring (bicyclic) bond motifs is 5. The molecule has 1 aliphatic heterocycles. The SMILES string of the molecule is Cc1ccc(C2=C(c3ccc(C)cc3)[C@@]3(c4ccccc4)C(=O)[C@@]2(c2ccccc2)[C@H]2C(=O)N(c4ccc(C(=O)O)cc4)C(=O)[C@@H]23)cc1. The Kier molecular flexibility index (Phi) is 6.50. The first-order valence-electron chi connectivity index (χ1n) is 16.0. The van der Waals surface area contributed by atoms with E-state index in [0.717, 1.165) is 33.4 Å². The Labute approximate surface area is 278 Å². The number of hydrogen-bond acceptors (Lipinski definition) is 4. The van der Waals surface area contributed by atoms with E-state index in [4.69, 9.17) is 0 Å². The molecular weight excluding hydrogens is 598 g/mol. The van der Waals surface area contributed by atoms with Gasteiger partial charge >= 0.3 is 5.97 Å². The Bertz CT molecular complexity index is 2040. The lowest BCUT2D eigenvalue weighted by atomic mass is 9.59. The lowest BCUT2D eigenvalue weighted by molar-refractivity contribution is -0.130. The number of carbonyl (C=O) groups is 4. The van der Waals surface area contributed by atoms with Crippen molar-refractivity contribution in [2.24, 2.45) is 11.8 Å². The highest BCUT2D eigenvalue weighted by Crippen LogP contribution is 2.74. The molecule has 0 spiro atoms. The second kappa shape index (κ2) is 10.6. The topological polar surface area (TPSA) is 91.8 Å². The molecule has 0 aromatic heterocycles. The van der Waals surface area contributed by atoms with Crippen molar-refractivity contribution in [1.82, 2.24) is 0 Å². The molecule has 8 rings (SSSR count). The number of carbonyl (C=O) groups excluding carboxylic acids is 3. The Morgan fingerprint density at radius 1 is 0.562 bits per heavy atom. The fraction of sp³-hybridized carbons (Fsp3) is 0.143. The maximum absolute atomic E-state index is 16.0. The Morgan fingerprint density at radius 2 is 0.958 bits per heavy atom. The normalized spacial score (nSPS) is 24.4. The van der Waals surface area contributed by atoms with Gasteiger partial charge in [-0.3, -0.25) is 14.4 Å². The van der Waals surface area contributed by atoms with Crippen LogP contribution in [0.15, 0.2) is 133 Å². The van der Waals surface area contributed by atoms with E-state index < -0.39 is 40.4 Å². The van der Waals surface area contributed by atoms with Crippen LogP contribution in [0.1, 0.15) is 43.7 Å². The minimum atomic E-state index is -1.50. The van der Waals surface area contributed by atoms with E-state index in [-0.39, 0.29) is 17.0 Å². The molecular formula is C42H31NO5. The maximum Gasteiger partial charge on any atom is 0.335 e. The molecule has 2 fully saturated rings. The average molecular weight is 630 g/mol.